The molecule has 0 N–H and O–H groups in total. The summed E-state index contributed by atoms with van der Waals surface area (Å²) in [6.45, 7) is 1.23. The Balaban J connectivity index is 2.09. The van der Waals surface area contributed by atoms with Gasteiger partial charge in [-0.3, -0.25) is 0 Å². The lowest BCUT2D eigenvalue weighted by Crippen LogP contribution is -2.19. The maximum absolute atomic E-state index is 13.1. The van der Waals surface area contributed by atoms with Gasteiger partial charge in [0.2, 0.25) is 0 Å². The van der Waals surface area contributed by atoms with Crippen LogP contribution in [0.1, 0.15) is 0 Å². The summed E-state index contributed by atoms with van der Waals surface area (Å²) in [5.74, 6) is 0.563. The van der Waals surface area contributed by atoms with Crippen LogP contribution >= 0.6 is 15.9 Å². The highest BCUT2D eigenvalue weighted by Crippen LogP contribution is 2.32. The quantitative estimate of drug-likeness (QED) is 0.608. The summed E-state index contributed by atoms with van der Waals surface area (Å²) in [6, 6.07) is 14.1. The molecule has 0 aliphatic heterocycles. The predicted octanol–water partition coefficient (Wildman–Crippen LogP) is 3.58. The number of halogens is 1. The number of hydrogen-bond acceptors (Lipinski definition) is 4. The van der Waals surface area contributed by atoms with E-state index in [-0.39, 0.29) is 4.90 Å². The van der Waals surface area contributed by atoms with E-state index in [0.29, 0.717) is 22.3 Å². The van der Waals surface area contributed by atoms with Crippen LogP contribution in [0.2, 0.25) is 0 Å². The third-order valence-electron chi connectivity index (χ3n) is 3.81. The van der Waals surface area contributed by atoms with E-state index in [9.17, 15) is 8.42 Å². The van der Waals surface area contributed by atoms with E-state index in [4.69, 9.17) is 4.74 Å². The highest BCUT2D eigenvalue weighted by atomic mass is 79.9. The van der Waals surface area contributed by atoms with Crippen LogP contribution in [0.5, 0.6) is 5.75 Å². The Morgan fingerprint density at radius 1 is 1.08 bits per heavy atom. The maximum atomic E-state index is 13.1. The summed E-state index contributed by atoms with van der Waals surface area (Å²) >= 11 is 3.33. The van der Waals surface area contributed by atoms with Gasteiger partial charge in [-0.15, -0.1) is 0 Å². The fraction of sp³-hybridized carbons (Fsp3) is 0.222. The summed E-state index contributed by atoms with van der Waals surface area (Å²) in [7, 11) is 0.187. The molecule has 25 heavy (non-hydrogen) atoms. The first-order chi connectivity index (χ1) is 11.9. The van der Waals surface area contributed by atoms with Gasteiger partial charge in [-0.25, -0.2) is 12.4 Å². The normalized spacial score (nSPS) is 12.0. The molecule has 0 bridgehead atoms. The van der Waals surface area contributed by atoms with Crippen LogP contribution in [0, 0.1) is 0 Å². The Labute approximate surface area is 156 Å². The van der Waals surface area contributed by atoms with E-state index in [0.717, 1.165) is 11.9 Å². The van der Waals surface area contributed by atoms with Crippen LogP contribution in [0.25, 0.3) is 10.9 Å². The molecule has 3 aromatic rings. The summed E-state index contributed by atoms with van der Waals surface area (Å²) in [4.78, 5) is 2.23. The number of fused-ring (bicyclic) bond motifs is 1. The zero-order valence-corrected chi connectivity index (χ0v) is 16.4. The molecule has 0 atom stereocenters. The second kappa shape index (κ2) is 7.19. The molecule has 0 saturated carbocycles. The van der Waals surface area contributed by atoms with Crippen molar-refractivity contribution in [3.05, 3.63) is 59.2 Å². The van der Waals surface area contributed by atoms with Gasteiger partial charge in [0, 0.05) is 16.4 Å². The minimum Gasteiger partial charge on any atom is -0.490 e. The molecule has 3 rings (SSSR count). The van der Waals surface area contributed by atoms with Gasteiger partial charge in [-0.2, -0.15) is 0 Å². The van der Waals surface area contributed by atoms with Gasteiger partial charge < -0.3 is 9.64 Å². The number of para-hydroxylation sites is 1. The minimum atomic E-state index is -3.74. The smallest absolute Gasteiger partial charge is 0.269 e. The van der Waals surface area contributed by atoms with Gasteiger partial charge in [0.1, 0.15) is 17.3 Å². The summed E-state index contributed by atoms with van der Waals surface area (Å²) in [5, 5.41) is 0.775. The highest BCUT2D eigenvalue weighted by molar-refractivity contribution is 9.10. The molecular weight excluding hydrogens is 404 g/mol. The van der Waals surface area contributed by atoms with Gasteiger partial charge in [0.05, 0.1) is 11.7 Å². The Bertz CT molecular complexity index is 996. The molecule has 0 unspecified atom stereocenters. The van der Waals surface area contributed by atoms with Crippen molar-refractivity contribution in [2.24, 2.45) is 0 Å². The van der Waals surface area contributed by atoms with Crippen molar-refractivity contribution < 1.29 is 13.2 Å². The van der Waals surface area contributed by atoms with Crippen LogP contribution in [0.4, 0.5) is 0 Å². The lowest BCUT2D eigenvalue weighted by atomic mass is 10.2. The second-order valence-corrected chi connectivity index (χ2v) is 8.53. The highest BCUT2D eigenvalue weighted by Gasteiger charge is 2.23. The van der Waals surface area contributed by atoms with Crippen LogP contribution < -0.4 is 4.74 Å². The van der Waals surface area contributed by atoms with Crippen LogP contribution in [-0.2, 0) is 10.0 Å². The molecule has 0 fully saturated rings. The average Bonchev–Trinajstić information content (AvgIpc) is 2.95. The Morgan fingerprint density at radius 2 is 1.76 bits per heavy atom. The zero-order chi connectivity index (χ0) is 18.0. The van der Waals surface area contributed by atoms with Gasteiger partial charge in [0.25, 0.3) is 10.0 Å². The Kier molecular flexibility index (Phi) is 5.17. The summed E-state index contributed by atoms with van der Waals surface area (Å²) in [5.41, 5.74) is 0.595. The monoisotopic (exact) mass is 422 g/mol. The number of likely N-dealkylation sites (N-methyl/N-ethyl adjacent to an activating group) is 1. The number of benzene rings is 2. The molecule has 5 nitrogen and oxygen atoms in total. The van der Waals surface area contributed by atoms with Crippen LogP contribution in [0.15, 0.2) is 64.1 Å². The van der Waals surface area contributed by atoms with Crippen LogP contribution in [-0.4, -0.2) is 44.5 Å². The van der Waals surface area contributed by atoms with Crippen molar-refractivity contribution in [3.8, 4) is 5.75 Å². The van der Waals surface area contributed by atoms with E-state index >= 15 is 0 Å². The first-order valence-electron chi connectivity index (χ1n) is 7.79. The van der Waals surface area contributed by atoms with Gasteiger partial charge in [-0.1, -0.05) is 24.3 Å². The van der Waals surface area contributed by atoms with Crippen molar-refractivity contribution in [2.75, 3.05) is 27.2 Å². The molecule has 0 aliphatic rings. The fourth-order valence-electron chi connectivity index (χ4n) is 2.53. The Morgan fingerprint density at radius 3 is 2.48 bits per heavy atom. The largest absolute Gasteiger partial charge is 0.490 e. The van der Waals surface area contributed by atoms with Gasteiger partial charge in [0.15, 0.2) is 0 Å². The molecule has 0 amide bonds. The van der Waals surface area contributed by atoms with E-state index in [2.05, 4.69) is 15.9 Å². The molecule has 0 aliphatic carbocycles. The molecule has 0 radical (unpaired) electrons. The predicted molar refractivity (Wildman–Crippen MR) is 103 cm³/mol. The van der Waals surface area contributed by atoms with E-state index in [1.54, 1.807) is 36.5 Å². The van der Waals surface area contributed by atoms with Gasteiger partial charge in [-0.05, 0) is 54.3 Å². The first kappa shape index (κ1) is 18.0. The number of nitrogens with zero attached hydrogens (tertiary/aromatic N) is 2. The molecule has 2 aromatic carbocycles. The lowest BCUT2D eigenvalue weighted by molar-refractivity contribution is 0.263. The number of hydrogen-bond donors (Lipinski definition) is 0. The number of ether oxygens (including phenoxy) is 1. The molecule has 0 saturated heterocycles. The van der Waals surface area contributed by atoms with E-state index in [1.165, 1.54) is 3.97 Å². The van der Waals surface area contributed by atoms with Crippen molar-refractivity contribution in [3.63, 3.8) is 0 Å². The molecule has 1 heterocycles. The molecule has 7 heteroatoms. The van der Waals surface area contributed by atoms with Crippen LogP contribution in [0.3, 0.4) is 0 Å². The molecule has 0 spiro atoms. The summed E-state index contributed by atoms with van der Waals surface area (Å²) < 4.78 is 33.9. The SMILES string of the molecule is CN(C)CCOc1cn(S(=O)(=O)c2ccccc2Br)c2ccccc12. The van der Waals surface area contributed by atoms with E-state index < -0.39 is 10.0 Å². The van der Waals surface area contributed by atoms with Crippen molar-refractivity contribution in [2.45, 2.75) is 4.90 Å². The zero-order valence-electron chi connectivity index (χ0n) is 14.0. The lowest BCUT2D eigenvalue weighted by Gasteiger charge is -2.10. The average molecular weight is 423 g/mol. The fourth-order valence-corrected chi connectivity index (χ4v) is 4.86. The number of rotatable bonds is 6. The summed E-state index contributed by atoms with van der Waals surface area (Å²) in [6.07, 6.45) is 1.55. The standard InChI is InChI=1S/C18H19BrN2O3S/c1-20(2)11-12-24-17-13-21(16-9-5-3-7-14(16)17)25(22,23)18-10-6-4-8-15(18)19/h3-10,13H,11-12H2,1-2H3. The molecular formula is C18H19BrN2O3S. The molecule has 132 valence electrons. The topological polar surface area (TPSA) is 51.5 Å². The number of aromatic nitrogens is 1. The maximum Gasteiger partial charge on any atom is 0.269 e. The van der Waals surface area contributed by atoms with E-state index in [1.807, 2.05) is 37.2 Å². The van der Waals surface area contributed by atoms with Crippen molar-refractivity contribution >= 4 is 36.9 Å². The Hall–Kier alpha value is -1.83. The second-order valence-electron chi connectivity index (χ2n) is 5.89. The van der Waals surface area contributed by atoms with Crippen molar-refractivity contribution in [1.82, 2.24) is 8.87 Å². The third-order valence-corrected chi connectivity index (χ3v) is 6.50. The van der Waals surface area contributed by atoms with Crippen molar-refractivity contribution in [1.29, 1.82) is 0 Å². The third kappa shape index (κ3) is 3.58. The minimum absolute atomic E-state index is 0.218. The van der Waals surface area contributed by atoms with Gasteiger partial charge >= 0.3 is 0 Å². The first-order valence-corrected chi connectivity index (χ1v) is 10.0. The molecule has 1 aromatic heterocycles.